The van der Waals surface area contributed by atoms with E-state index in [4.69, 9.17) is 0 Å². The summed E-state index contributed by atoms with van der Waals surface area (Å²) in [7, 11) is 0. The van der Waals surface area contributed by atoms with Gasteiger partial charge in [-0.3, -0.25) is 9.59 Å². The molecule has 0 spiro atoms. The summed E-state index contributed by atoms with van der Waals surface area (Å²) in [6, 6.07) is 15.6. The van der Waals surface area contributed by atoms with Gasteiger partial charge in [-0.25, -0.2) is 4.98 Å². The van der Waals surface area contributed by atoms with E-state index in [2.05, 4.69) is 20.6 Å². The van der Waals surface area contributed by atoms with Crippen LogP contribution in [-0.2, 0) is 0 Å². The van der Waals surface area contributed by atoms with Crippen LogP contribution in [0.15, 0.2) is 67.0 Å². The maximum absolute atomic E-state index is 12.0. The molecule has 2 heterocycles. The van der Waals surface area contributed by atoms with Gasteiger partial charge in [-0.2, -0.15) is 0 Å². The van der Waals surface area contributed by atoms with Crippen LogP contribution in [0.1, 0.15) is 20.8 Å². The molecule has 2 amide bonds. The number of nitrogens with one attached hydrogen (secondary N) is 3. The Morgan fingerprint density at radius 1 is 0.870 bits per heavy atom. The molecule has 114 valence electrons. The minimum Gasteiger partial charge on any atom is -0.357 e. The van der Waals surface area contributed by atoms with Crippen LogP contribution in [0.2, 0.25) is 0 Å². The molecule has 0 aliphatic rings. The van der Waals surface area contributed by atoms with Crippen molar-refractivity contribution in [1.29, 1.82) is 0 Å². The van der Waals surface area contributed by atoms with Crippen LogP contribution in [0.25, 0.3) is 0 Å². The zero-order valence-electron chi connectivity index (χ0n) is 12.1. The lowest BCUT2D eigenvalue weighted by Crippen LogP contribution is -2.14. The topological polar surface area (TPSA) is 86.9 Å². The molecule has 6 nitrogen and oxygen atoms in total. The van der Waals surface area contributed by atoms with Crippen molar-refractivity contribution >= 4 is 23.3 Å². The molecule has 23 heavy (non-hydrogen) atoms. The van der Waals surface area contributed by atoms with Crippen LogP contribution in [0.4, 0.5) is 11.5 Å². The highest BCUT2D eigenvalue weighted by atomic mass is 16.2. The summed E-state index contributed by atoms with van der Waals surface area (Å²) in [5.41, 5.74) is 1.56. The average molecular weight is 306 g/mol. The molecule has 0 saturated heterocycles. The first-order valence-corrected chi connectivity index (χ1v) is 6.99. The predicted molar refractivity (Wildman–Crippen MR) is 87.4 cm³/mol. The van der Waals surface area contributed by atoms with E-state index in [0.29, 0.717) is 22.8 Å². The van der Waals surface area contributed by atoms with Gasteiger partial charge in [-0.05, 0) is 36.4 Å². The van der Waals surface area contributed by atoms with E-state index >= 15 is 0 Å². The van der Waals surface area contributed by atoms with Crippen LogP contribution in [0.5, 0.6) is 0 Å². The number of anilines is 2. The normalized spacial score (nSPS) is 10.1. The zero-order valence-corrected chi connectivity index (χ0v) is 12.1. The van der Waals surface area contributed by atoms with E-state index in [1.54, 1.807) is 54.7 Å². The number of aromatic nitrogens is 2. The highest BCUT2D eigenvalue weighted by Crippen LogP contribution is 2.12. The first kappa shape index (κ1) is 14.5. The third kappa shape index (κ3) is 3.62. The van der Waals surface area contributed by atoms with E-state index in [1.807, 2.05) is 6.07 Å². The molecule has 0 aliphatic heterocycles. The molecule has 0 radical (unpaired) electrons. The number of amides is 2. The molecule has 2 aromatic heterocycles. The molecule has 0 aliphatic carbocycles. The Balaban J connectivity index is 1.63. The molecular formula is C17H14N4O2. The summed E-state index contributed by atoms with van der Waals surface area (Å²) in [5.74, 6) is -0.0733. The van der Waals surface area contributed by atoms with E-state index in [1.165, 1.54) is 6.20 Å². The van der Waals surface area contributed by atoms with Crippen molar-refractivity contribution in [3.63, 3.8) is 0 Å². The molecule has 0 unspecified atom stereocenters. The lowest BCUT2D eigenvalue weighted by Gasteiger charge is -2.06. The van der Waals surface area contributed by atoms with Gasteiger partial charge in [0.05, 0.1) is 11.9 Å². The Bertz CT molecular complexity index is 796. The number of H-pyrrole nitrogens is 1. The van der Waals surface area contributed by atoms with Crippen LogP contribution >= 0.6 is 0 Å². The fourth-order valence-corrected chi connectivity index (χ4v) is 1.99. The van der Waals surface area contributed by atoms with Crippen molar-refractivity contribution in [2.45, 2.75) is 0 Å². The molecule has 0 fully saturated rings. The van der Waals surface area contributed by atoms with Gasteiger partial charge < -0.3 is 15.6 Å². The molecule has 0 saturated carbocycles. The first-order valence-electron chi connectivity index (χ1n) is 6.99. The third-order valence-corrected chi connectivity index (χ3v) is 3.14. The molecule has 0 bridgehead atoms. The fraction of sp³-hybridized carbons (Fsp3) is 0. The summed E-state index contributed by atoms with van der Waals surface area (Å²) in [6.45, 7) is 0. The summed E-state index contributed by atoms with van der Waals surface area (Å²) in [5, 5.41) is 5.41. The van der Waals surface area contributed by atoms with Crippen LogP contribution in [-0.4, -0.2) is 21.8 Å². The molecule has 3 rings (SSSR count). The van der Waals surface area contributed by atoms with Gasteiger partial charge in [0.15, 0.2) is 0 Å². The second-order valence-electron chi connectivity index (χ2n) is 4.79. The van der Waals surface area contributed by atoms with Crippen molar-refractivity contribution in [2.75, 3.05) is 10.6 Å². The van der Waals surface area contributed by atoms with Gasteiger partial charge >= 0.3 is 0 Å². The van der Waals surface area contributed by atoms with Crippen LogP contribution in [0, 0.1) is 0 Å². The second kappa shape index (κ2) is 6.57. The van der Waals surface area contributed by atoms with E-state index in [9.17, 15) is 9.59 Å². The molecule has 0 atom stereocenters. The van der Waals surface area contributed by atoms with Gasteiger partial charge in [0.2, 0.25) is 0 Å². The lowest BCUT2D eigenvalue weighted by molar-refractivity contribution is 0.101. The zero-order chi connectivity index (χ0) is 16.1. The van der Waals surface area contributed by atoms with Crippen molar-refractivity contribution < 1.29 is 9.59 Å². The summed E-state index contributed by atoms with van der Waals surface area (Å²) >= 11 is 0. The molecule has 1 aromatic carbocycles. The standard InChI is InChI=1S/C17H14N4O2/c22-16(12-5-2-1-3-6-12)21-15-9-8-13(11-19-15)20-17(23)14-7-4-10-18-14/h1-11,18H,(H,20,23)(H,19,21,22). The number of pyridine rings is 1. The Kier molecular flexibility index (Phi) is 4.15. The van der Waals surface area contributed by atoms with Crippen LogP contribution in [0.3, 0.4) is 0 Å². The second-order valence-corrected chi connectivity index (χ2v) is 4.79. The van der Waals surface area contributed by atoms with E-state index in [0.717, 1.165) is 0 Å². The predicted octanol–water partition coefficient (Wildman–Crippen LogP) is 2.91. The van der Waals surface area contributed by atoms with Crippen molar-refractivity contribution in [3.8, 4) is 0 Å². The number of rotatable bonds is 4. The van der Waals surface area contributed by atoms with Gasteiger partial charge in [0.1, 0.15) is 11.5 Å². The van der Waals surface area contributed by atoms with Crippen molar-refractivity contribution in [3.05, 3.63) is 78.2 Å². The smallest absolute Gasteiger partial charge is 0.272 e. The maximum Gasteiger partial charge on any atom is 0.272 e. The minimum absolute atomic E-state index is 0.235. The number of carbonyl (C=O) groups excluding carboxylic acids is 2. The molecular weight excluding hydrogens is 292 g/mol. The molecule has 3 aromatic rings. The minimum atomic E-state index is -0.252. The van der Waals surface area contributed by atoms with Gasteiger partial charge in [-0.1, -0.05) is 18.2 Å². The number of benzene rings is 1. The average Bonchev–Trinajstić information content (AvgIpc) is 3.12. The number of hydrogen-bond acceptors (Lipinski definition) is 3. The van der Waals surface area contributed by atoms with Crippen molar-refractivity contribution in [2.24, 2.45) is 0 Å². The Labute approximate surface area is 132 Å². The SMILES string of the molecule is O=C(Nc1ccc(NC(=O)c2ccc[nH]2)cn1)c1ccccc1. The lowest BCUT2D eigenvalue weighted by atomic mass is 10.2. The Morgan fingerprint density at radius 2 is 1.70 bits per heavy atom. The van der Waals surface area contributed by atoms with Gasteiger partial charge in [0, 0.05) is 11.8 Å². The Morgan fingerprint density at radius 3 is 2.35 bits per heavy atom. The largest absolute Gasteiger partial charge is 0.357 e. The summed E-state index contributed by atoms with van der Waals surface area (Å²) in [6.07, 6.45) is 3.16. The fourth-order valence-electron chi connectivity index (χ4n) is 1.99. The van der Waals surface area contributed by atoms with Crippen molar-refractivity contribution in [1.82, 2.24) is 9.97 Å². The van der Waals surface area contributed by atoms with Crippen LogP contribution < -0.4 is 10.6 Å². The molecule has 3 N–H and O–H groups in total. The monoisotopic (exact) mass is 306 g/mol. The first-order chi connectivity index (χ1) is 11.2. The van der Waals surface area contributed by atoms with Gasteiger partial charge in [0.25, 0.3) is 11.8 Å². The molecule has 6 heteroatoms. The summed E-state index contributed by atoms with van der Waals surface area (Å²) in [4.78, 5) is 30.8. The van der Waals surface area contributed by atoms with E-state index in [-0.39, 0.29) is 11.8 Å². The Hall–Kier alpha value is -3.41. The summed E-state index contributed by atoms with van der Waals surface area (Å²) < 4.78 is 0. The highest BCUT2D eigenvalue weighted by molar-refractivity contribution is 6.04. The quantitative estimate of drug-likeness (QED) is 0.692. The van der Waals surface area contributed by atoms with Gasteiger partial charge in [-0.15, -0.1) is 0 Å². The maximum atomic E-state index is 12.0. The number of nitrogens with zero attached hydrogens (tertiary/aromatic N) is 1. The number of carbonyl (C=O) groups is 2. The number of hydrogen-bond donors (Lipinski definition) is 3. The third-order valence-electron chi connectivity index (χ3n) is 3.14. The highest BCUT2D eigenvalue weighted by Gasteiger charge is 2.08. The van der Waals surface area contributed by atoms with E-state index < -0.39 is 0 Å². The number of aromatic amines is 1.